The standard InChI is InChI=1S/C27H33FN4O3/c1-5-27(6-2)15-22(33)32(25(29)31-27)16-17-9-7-10-18(13-17)24(34)30-20-14-26(3,4)35-21-12-8-11-19(28)23(20)21/h7-13,20H,5-6,14-16H2,1-4H3,(H2,29,31)(H,30,34)/t20-/m0/s1. The Balaban J connectivity index is 1.53. The van der Waals surface area contributed by atoms with Gasteiger partial charge in [-0.1, -0.05) is 32.0 Å². The number of carbonyl (C=O) groups excluding carboxylic acids is 2. The van der Waals surface area contributed by atoms with Crippen molar-refractivity contribution < 1.29 is 18.7 Å². The average Bonchev–Trinajstić information content (AvgIpc) is 2.80. The van der Waals surface area contributed by atoms with Crippen molar-refractivity contribution in [3.8, 4) is 5.75 Å². The first kappa shape index (κ1) is 24.7. The van der Waals surface area contributed by atoms with Crippen LogP contribution in [0.4, 0.5) is 4.39 Å². The molecule has 0 saturated heterocycles. The Hall–Kier alpha value is -3.42. The Bertz CT molecular complexity index is 1170. The van der Waals surface area contributed by atoms with Gasteiger partial charge in [-0.25, -0.2) is 9.38 Å². The molecule has 2 aliphatic heterocycles. The minimum absolute atomic E-state index is 0.0763. The first-order valence-corrected chi connectivity index (χ1v) is 12.1. The van der Waals surface area contributed by atoms with Gasteiger partial charge in [-0.2, -0.15) is 0 Å². The molecule has 0 aromatic heterocycles. The zero-order valence-corrected chi connectivity index (χ0v) is 20.7. The van der Waals surface area contributed by atoms with Crippen LogP contribution >= 0.6 is 0 Å². The maximum absolute atomic E-state index is 14.6. The summed E-state index contributed by atoms with van der Waals surface area (Å²) in [4.78, 5) is 32.1. The van der Waals surface area contributed by atoms with Crippen LogP contribution in [0.15, 0.2) is 47.5 Å². The SMILES string of the molecule is CCC1(CC)CC(=O)N(Cc2cccc(C(=O)N[C@H]3CC(C)(C)Oc4cccc(F)c43)c2)C(N)=N1. The quantitative estimate of drug-likeness (QED) is 0.638. The van der Waals surface area contributed by atoms with Crippen LogP contribution in [0.5, 0.6) is 5.75 Å². The van der Waals surface area contributed by atoms with E-state index in [9.17, 15) is 14.0 Å². The molecule has 7 nitrogen and oxygen atoms in total. The van der Waals surface area contributed by atoms with E-state index < -0.39 is 23.0 Å². The topological polar surface area (TPSA) is 97.0 Å². The van der Waals surface area contributed by atoms with Crippen LogP contribution in [0.2, 0.25) is 0 Å². The predicted octanol–water partition coefficient (Wildman–Crippen LogP) is 4.46. The van der Waals surface area contributed by atoms with Gasteiger partial charge in [0.2, 0.25) is 5.91 Å². The number of guanidine groups is 1. The van der Waals surface area contributed by atoms with Gasteiger partial charge >= 0.3 is 0 Å². The predicted molar refractivity (Wildman–Crippen MR) is 132 cm³/mol. The minimum atomic E-state index is -0.557. The van der Waals surface area contributed by atoms with E-state index in [4.69, 9.17) is 10.5 Å². The molecule has 2 aliphatic rings. The lowest BCUT2D eigenvalue weighted by Gasteiger charge is -2.38. The molecule has 2 amide bonds. The van der Waals surface area contributed by atoms with Crippen molar-refractivity contribution in [2.75, 3.05) is 0 Å². The number of nitrogens with zero attached hydrogens (tertiary/aromatic N) is 2. The number of fused-ring (bicyclic) bond motifs is 1. The number of aliphatic imine (C=N–C) groups is 1. The summed E-state index contributed by atoms with van der Waals surface area (Å²) in [5.41, 5.74) is 6.71. The number of nitrogens with two attached hydrogens (primary N) is 1. The number of hydrogen-bond donors (Lipinski definition) is 2. The van der Waals surface area contributed by atoms with Crippen molar-refractivity contribution >= 4 is 17.8 Å². The summed E-state index contributed by atoms with van der Waals surface area (Å²) >= 11 is 0. The smallest absolute Gasteiger partial charge is 0.251 e. The summed E-state index contributed by atoms with van der Waals surface area (Å²) in [6.45, 7) is 8.06. The maximum Gasteiger partial charge on any atom is 0.251 e. The Morgan fingerprint density at radius 2 is 1.94 bits per heavy atom. The highest BCUT2D eigenvalue weighted by Gasteiger charge is 2.38. The average molecular weight is 481 g/mol. The molecule has 35 heavy (non-hydrogen) atoms. The molecule has 186 valence electrons. The molecule has 4 rings (SSSR count). The van der Waals surface area contributed by atoms with E-state index >= 15 is 0 Å². The monoisotopic (exact) mass is 480 g/mol. The molecule has 1 atom stereocenters. The summed E-state index contributed by atoms with van der Waals surface area (Å²) in [5, 5.41) is 2.97. The first-order chi connectivity index (χ1) is 16.6. The van der Waals surface area contributed by atoms with Gasteiger partial charge in [0.05, 0.1) is 30.1 Å². The Labute approximate surface area is 205 Å². The molecular weight excluding hydrogens is 447 g/mol. The highest BCUT2D eigenvalue weighted by Crippen LogP contribution is 2.41. The Morgan fingerprint density at radius 3 is 2.63 bits per heavy atom. The summed E-state index contributed by atoms with van der Waals surface area (Å²) < 4.78 is 20.6. The highest BCUT2D eigenvalue weighted by atomic mass is 19.1. The largest absolute Gasteiger partial charge is 0.487 e. The van der Waals surface area contributed by atoms with Gasteiger partial charge in [0.25, 0.3) is 5.91 Å². The highest BCUT2D eigenvalue weighted by molar-refractivity contribution is 5.99. The number of ether oxygens (including phenoxy) is 1. The molecule has 2 aromatic rings. The summed E-state index contributed by atoms with van der Waals surface area (Å²) in [6, 6.07) is 11.2. The molecule has 2 heterocycles. The third-order valence-electron chi connectivity index (χ3n) is 7.00. The molecule has 0 bridgehead atoms. The van der Waals surface area contributed by atoms with Crippen molar-refractivity contribution in [3.05, 3.63) is 65.0 Å². The van der Waals surface area contributed by atoms with E-state index in [1.165, 1.54) is 11.0 Å². The molecule has 0 aliphatic carbocycles. The molecule has 0 radical (unpaired) electrons. The number of halogens is 1. The zero-order chi connectivity index (χ0) is 25.4. The van der Waals surface area contributed by atoms with E-state index in [0.29, 0.717) is 29.7 Å². The van der Waals surface area contributed by atoms with E-state index in [-0.39, 0.29) is 24.3 Å². The van der Waals surface area contributed by atoms with Crippen LogP contribution in [0.25, 0.3) is 0 Å². The Kier molecular flexibility index (Phi) is 6.58. The maximum atomic E-state index is 14.6. The fourth-order valence-corrected chi connectivity index (χ4v) is 4.91. The summed E-state index contributed by atoms with van der Waals surface area (Å²) in [5.74, 6) is -0.171. The molecule has 0 saturated carbocycles. The third kappa shape index (κ3) is 5.01. The van der Waals surface area contributed by atoms with Gasteiger partial charge in [-0.3, -0.25) is 14.5 Å². The van der Waals surface area contributed by atoms with Gasteiger partial charge in [-0.15, -0.1) is 0 Å². The van der Waals surface area contributed by atoms with Crippen LogP contribution in [-0.2, 0) is 11.3 Å². The van der Waals surface area contributed by atoms with Crippen molar-refractivity contribution in [1.82, 2.24) is 10.2 Å². The number of rotatable bonds is 6. The van der Waals surface area contributed by atoms with Crippen LogP contribution in [0.3, 0.4) is 0 Å². The van der Waals surface area contributed by atoms with E-state index in [2.05, 4.69) is 10.3 Å². The van der Waals surface area contributed by atoms with Crippen LogP contribution in [0, 0.1) is 5.82 Å². The molecule has 0 unspecified atom stereocenters. The first-order valence-electron chi connectivity index (χ1n) is 12.1. The molecule has 3 N–H and O–H groups in total. The zero-order valence-electron chi connectivity index (χ0n) is 20.7. The summed E-state index contributed by atoms with van der Waals surface area (Å²) in [6.07, 6.45) is 2.22. The lowest BCUT2D eigenvalue weighted by Crippen LogP contribution is -2.50. The molecular formula is C27H33FN4O3. The van der Waals surface area contributed by atoms with Crippen molar-refractivity contribution in [1.29, 1.82) is 0 Å². The van der Waals surface area contributed by atoms with Gasteiger partial charge in [0.1, 0.15) is 17.2 Å². The van der Waals surface area contributed by atoms with Crippen LogP contribution < -0.4 is 15.8 Å². The van der Waals surface area contributed by atoms with Crippen LogP contribution in [-0.4, -0.2) is 33.8 Å². The van der Waals surface area contributed by atoms with E-state index in [1.807, 2.05) is 33.8 Å². The number of carbonyl (C=O) groups is 2. The molecule has 8 heteroatoms. The number of amides is 2. The second-order valence-corrected chi connectivity index (χ2v) is 10.0. The normalized spacial score (nSPS) is 20.5. The molecule has 0 fully saturated rings. The lowest BCUT2D eigenvalue weighted by molar-refractivity contribution is -0.130. The van der Waals surface area contributed by atoms with Crippen molar-refractivity contribution in [2.24, 2.45) is 10.7 Å². The molecule has 0 spiro atoms. The lowest BCUT2D eigenvalue weighted by atomic mass is 9.88. The van der Waals surface area contributed by atoms with E-state index in [0.717, 1.165) is 18.4 Å². The van der Waals surface area contributed by atoms with Gasteiger partial charge < -0.3 is 15.8 Å². The Morgan fingerprint density at radius 1 is 1.23 bits per heavy atom. The fourth-order valence-electron chi connectivity index (χ4n) is 4.91. The van der Waals surface area contributed by atoms with Gasteiger partial charge in [-0.05, 0) is 56.5 Å². The number of nitrogens with one attached hydrogen (secondary N) is 1. The van der Waals surface area contributed by atoms with Crippen molar-refractivity contribution in [3.63, 3.8) is 0 Å². The van der Waals surface area contributed by atoms with Gasteiger partial charge in [0.15, 0.2) is 5.96 Å². The van der Waals surface area contributed by atoms with Crippen LogP contribution in [0.1, 0.15) is 80.9 Å². The third-order valence-corrected chi connectivity index (χ3v) is 7.00. The fraction of sp³-hybridized carbons (Fsp3) is 0.444. The van der Waals surface area contributed by atoms with Crippen molar-refractivity contribution in [2.45, 2.75) is 77.1 Å². The molecule has 2 aromatic carbocycles. The van der Waals surface area contributed by atoms with E-state index in [1.54, 1.807) is 30.3 Å². The number of benzene rings is 2. The second kappa shape index (κ2) is 9.32. The number of hydrogen-bond acceptors (Lipinski definition) is 5. The second-order valence-electron chi connectivity index (χ2n) is 10.0. The minimum Gasteiger partial charge on any atom is -0.487 e. The summed E-state index contributed by atoms with van der Waals surface area (Å²) in [7, 11) is 0. The van der Waals surface area contributed by atoms with Gasteiger partial charge in [0, 0.05) is 12.0 Å².